The summed E-state index contributed by atoms with van der Waals surface area (Å²) in [6, 6.07) is 4.04. The quantitative estimate of drug-likeness (QED) is 0.692. The van der Waals surface area contributed by atoms with Gasteiger partial charge in [0.05, 0.1) is 23.4 Å². The molecular weight excluding hydrogens is 273 g/mol. The summed E-state index contributed by atoms with van der Waals surface area (Å²) < 4.78 is 18.9. The molecule has 0 atom stereocenters. The number of benzene rings is 1. The van der Waals surface area contributed by atoms with Crippen molar-refractivity contribution in [3.05, 3.63) is 52.1 Å². The van der Waals surface area contributed by atoms with Crippen LogP contribution in [0, 0.1) is 5.82 Å². The zero-order chi connectivity index (χ0) is 14.0. The number of rotatable bonds is 4. The van der Waals surface area contributed by atoms with E-state index in [-0.39, 0.29) is 27.6 Å². The Balaban J connectivity index is 2.51. The fourth-order valence-corrected chi connectivity index (χ4v) is 1.89. The van der Waals surface area contributed by atoms with Gasteiger partial charge in [-0.25, -0.2) is 4.39 Å². The topological polar surface area (TPSA) is 59.2 Å². The van der Waals surface area contributed by atoms with Crippen LogP contribution in [-0.4, -0.2) is 24.2 Å². The maximum Gasteiger partial charge on any atom is 0.199 e. The van der Waals surface area contributed by atoms with Gasteiger partial charge in [-0.15, -0.1) is 0 Å². The second-order valence-electron chi connectivity index (χ2n) is 3.73. The molecule has 0 saturated heterocycles. The van der Waals surface area contributed by atoms with E-state index in [1.54, 1.807) is 0 Å². The molecule has 2 aromatic rings. The van der Waals surface area contributed by atoms with E-state index in [1.165, 1.54) is 31.5 Å². The average Bonchev–Trinajstić information content (AvgIpc) is 2.87. The fraction of sp³-hybridized carbons (Fsp3) is 0.0769. The molecule has 2 rings (SSSR count). The number of hydrogen-bond donors (Lipinski definition) is 1. The Hall–Kier alpha value is -2.14. The molecular formula is C13H9ClFNO3. The first-order valence-electron chi connectivity index (χ1n) is 5.28. The summed E-state index contributed by atoms with van der Waals surface area (Å²) in [5.74, 6) is -1.52. The summed E-state index contributed by atoms with van der Waals surface area (Å²) in [4.78, 5) is 25.3. The van der Waals surface area contributed by atoms with E-state index in [0.717, 1.165) is 0 Å². The molecule has 6 heteroatoms. The van der Waals surface area contributed by atoms with Crippen molar-refractivity contribution in [3.63, 3.8) is 0 Å². The Kier molecular flexibility index (Phi) is 3.66. The average molecular weight is 282 g/mol. The number of aromatic nitrogens is 1. The molecule has 0 saturated carbocycles. The monoisotopic (exact) mass is 281 g/mol. The van der Waals surface area contributed by atoms with E-state index >= 15 is 0 Å². The number of aromatic amines is 1. The minimum atomic E-state index is -0.825. The molecule has 0 aliphatic carbocycles. The zero-order valence-electron chi connectivity index (χ0n) is 9.87. The first-order chi connectivity index (χ1) is 9.08. The number of halogens is 2. The first kappa shape index (κ1) is 13.3. The molecule has 1 N–H and O–H groups in total. The van der Waals surface area contributed by atoms with Crippen LogP contribution in [-0.2, 0) is 0 Å². The van der Waals surface area contributed by atoms with Crippen LogP contribution in [0.2, 0.25) is 5.02 Å². The summed E-state index contributed by atoms with van der Waals surface area (Å²) in [7, 11) is 1.29. The maximum absolute atomic E-state index is 14.0. The second kappa shape index (κ2) is 5.24. The molecule has 19 heavy (non-hydrogen) atoms. The lowest BCUT2D eigenvalue weighted by molar-refractivity contribution is 0.103. The summed E-state index contributed by atoms with van der Waals surface area (Å²) in [5, 5.41) is -0.0165. The van der Waals surface area contributed by atoms with Gasteiger partial charge in [-0.2, -0.15) is 0 Å². The standard InChI is InChI=1S/C13H9ClFNO3/c1-19-10-3-2-9(14)11(12(10)15)13(18)7-4-8(6-17)16-5-7/h2-6,16H,1H3. The van der Waals surface area contributed by atoms with Gasteiger partial charge in [0.2, 0.25) is 0 Å². The maximum atomic E-state index is 14.0. The van der Waals surface area contributed by atoms with Crippen LogP contribution in [0.1, 0.15) is 26.4 Å². The zero-order valence-corrected chi connectivity index (χ0v) is 10.6. The van der Waals surface area contributed by atoms with Crippen molar-refractivity contribution in [1.29, 1.82) is 0 Å². The Morgan fingerprint density at radius 1 is 1.47 bits per heavy atom. The van der Waals surface area contributed by atoms with Crippen molar-refractivity contribution in [2.75, 3.05) is 7.11 Å². The number of ether oxygens (including phenoxy) is 1. The molecule has 0 aliphatic rings. The first-order valence-corrected chi connectivity index (χ1v) is 5.66. The smallest absolute Gasteiger partial charge is 0.199 e. The highest BCUT2D eigenvalue weighted by Crippen LogP contribution is 2.29. The largest absolute Gasteiger partial charge is 0.494 e. The Morgan fingerprint density at radius 2 is 2.21 bits per heavy atom. The third-order valence-electron chi connectivity index (χ3n) is 2.60. The van der Waals surface area contributed by atoms with Gasteiger partial charge in [-0.05, 0) is 18.2 Å². The Bertz CT molecular complexity index is 651. The summed E-state index contributed by atoms with van der Waals surface area (Å²) in [6.45, 7) is 0. The van der Waals surface area contributed by atoms with Gasteiger partial charge in [0.1, 0.15) is 0 Å². The SMILES string of the molecule is COc1ccc(Cl)c(C(=O)c2c[nH]c(C=O)c2)c1F. The number of ketones is 1. The lowest BCUT2D eigenvalue weighted by atomic mass is 10.0. The van der Waals surface area contributed by atoms with Gasteiger partial charge in [0, 0.05) is 11.8 Å². The van der Waals surface area contributed by atoms with Crippen LogP contribution in [0.5, 0.6) is 5.75 Å². The molecule has 0 fully saturated rings. The van der Waals surface area contributed by atoms with E-state index in [1.807, 2.05) is 0 Å². The lowest BCUT2D eigenvalue weighted by Gasteiger charge is -2.07. The molecule has 0 spiro atoms. The van der Waals surface area contributed by atoms with E-state index < -0.39 is 11.6 Å². The minimum absolute atomic E-state index is 0.0165. The van der Waals surface area contributed by atoms with E-state index in [4.69, 9.17) is 16.3 Å². The third kappa shape index (κ3) is 2.37. The lowest BCUT2D eigenvalue weighted by Crippen LogP contribution is -2.06. The van der Waals surface area contributed by atoms with Crippen LogP contribution in [0.3, 0.4) is 0 Å². The molecule has 1 aromatic carbocycles. The molecule has 98 valence electrons. The molecule has 0 bridgehead atoms. The van der Waals surface area contributed by atoms with Gasteiger partial charge in [-0.1, -0.05) is 11.6 Å². The number of carbonyl (C=O) groups is 2. The predicted molar refractivity (Wildman–Crippen MR) is 67.6 cm³/mol. The van der Waals surface area contributed by atoms with Crippen LogP contribution in [0.25, 0.3) is 0 Å². The number of hydrogen-bond acceptors (Lipinski definition) is 3. The second-order valence-corrected chi connectivity index (χ2v) is 4.14. The number of aldehydes is 1. The molecule has 0 amide bonds. The Labute approximate surface area is 113 Å². The van der Waals surface area contributed by atoms with E-state index in [0.29, 0.717) is 6.29 Å². The highest BCUT2D eigenvalue weighted by atomic mass is 35.5. The van der Waals surface area contributed by atoms with Gasteiger partial charge < -0.3 is 9.72 Å². The van der Waals surface area contributed by atoms with E-state index in [2.05, 4.69) is 4.98 Å². The van der Waals surface area contributed by atoms with Crippen molar-refractivity contribution >= 4 is 23.7 Å². The summed E-state index contributed by atoms with van der Waals surface area (Å²) >= 11 is 5.85. The minimum Gasteiger partial charge on any atom is -0.494 e. The molecule has 1 heterocycles. The van der Waals surface area contributed by atoms with Gasteiger partial charge in [0.25, 0.3) is 0 Å². The molecule has 0 radical (unpaired) electrons. The summed E-state index contributed by atoms with van der Waals surface area (Å²) in [6.07, 6.45) is 1.88. The summed E-state index contributed by atoms with van der Waals surface area (Å²) in [5.41, 5.74) is 0.0939. The fourth-order valence-electron chi connectivity index (χ4n) is 1.65. The Morgan fingerprint density at radius 3 is 2.79 bits per heavy atom. The molecule has 1 aromatic heterocycles. The van der Waals surface area contributed by atoms with Gasteiger partial charge in [0.15, 0.2) is 23.6 Å². The number of H-pyrrole nitrogens is 1. The van der Waals surface area contributed by atoms with Crippen molar-refractivity contribution < 1.29 is 18.7 Å². The van der Waals surface area contributed by atoms with Crippen LogP contribution < -0.4 is 4.74 Å². The van der Waals surface area contributed by atoms with E-state index in [9.17, 15) is 14.0 Å². The highest BCUT2D eigenvalue weighted by Gasteiger charge is 2.22. The van der Waals surface area contributed by atoms with Crippen LogP contribution in [0.15, 0.2) is 24.4 Å². The van der Waals surface area contributed by atoms with Crippen LogP contribution in [0.4, 0.5) is 4.39 Å². The van der Waals surface area contributed by atoms with Crippen molar-refractivity contribution in [2.45, 2.75) is 0 Å². The number of nitrogens with one attached hydrogen (secondary N) is 1. The van der Waals surface area contributed by atoms with Crippen molar-refractivity contribution in [1.82, 2.24) is 4.98 Å². The molecule has 0 unspecified atom stereocenters. The highest BCUT2D eigenvalue weighted by molar-refractivity contribution is 6.35. The van der Waals surface area contributed by atoms with Crippen LogP contribution >= 0.6 is 11.6 Å². The molecule has 4 nitrogen and oxygen atoms in total. The normalized spacial score (nSPS) is 10.3. The van der Waals surface area contributed by atoms with Gasteiger partial charge in [-0.3, -0.25) is 9.59 Å². The molecule has 0 aliphatic heterocycles. The van der Waals surface area contributed by atoms with Gasteiger partial charge >= 0.3 is 0 Å². The number of carbonyl (C=O) groups excluding carboxylic acids is 2. The predicted octanol–water partition coefficient (Wildman–Crippen LogP) is 2.86. The van der Waals surface area contributed by atoms with Crippen molar-refractivity contribution in [2.24, 2.45) is 0 Å². The third-order valence-corrected chi connectivity index (χ3v) is 2.91. The number of methoxy groups -OCH3 is 1. The van der Waals surface area contributed by atoms with Crippen molar-refractivity contribution in [3.8, 4) is 5.75 Å².